The van der Waals surface area contributed by atoms with Crippen molar-refractivity contribution in [3.05, 3.63) is 71.8 Å². The lowest BCUT2D eigenvalue weighted by Gasteiger charge is -2.14. The van der Waals surface area contributed by atoms with Crippen molar-refractivity contribution in [2.75, 3.05) is 13.1 Å². The quantitative estimate of drug-likeness (QED) is 0.717. The van der Waals surface area contributed by atoms with Crippen LogP contribution in [0.5, 0.6) is 0 Å². The molecule has 0 bridgehead atoms. The largest absolute Gasteiger partial charge is 0.387 e. The van der Waals surface area contributed by atoms with E-state index in [1.807, 2.05) is 48.5 Å². The van der Waals surface area contributed by atoms with E-state index < -0.39 is 6.10 Å². The minimum absolute atomic E-state index is 0.404. The van der Waals surface area contributed by atoms with Crippen LogP contribution in [0.2, 0.25) is 0 Å². The molecule has 2 aromatic rings. The number of aliphatic hydroxyl groups is 1. The standard InChI is InChI=1S/C17H20N2OS/c20-16(15-9-5-2-6-10-15)13-19-17(21)18-12-11-14-7-3-1-4-8-14/h1-10,16,20H,11-13H2,(H2,18,19,21)/t16-/m0/s1. The van der Waals surface area contributed by atoms with Gasteiger partial charge in [-0.3, -0.25) is 0 Å². The summed E-state index contributed by atoms with van der Waals surface area (Å²) in [7, 11) is 0. The maximum Gasteiger partial charge on any atom is 0.166 e. The van der Waals surface area contributed by atoms with Gasteiger partial charge in [-0.05, 0) is 29.8 Å². The summed E-state index contributed by atoms with van der Waals surface area (Å²) >= 11 is 5.20. The Morgan fingerprint density at radius 1 is 0.952 bits per heavy atom. The Labute approximate surface area is 131 Å². The molecule has 3 N–H and O–H groups in total. The molecule has 2 rings (SSSR count). The van der Waals surface area contributed by atoms with Gasteiger partial charge in [0.05, 0.1) is 6.10 Å². The molecular weight excluding hydrogens is 280 g/mol. The number of hydrogen-bond donors (Lipinski definition) is 3. The Bertz CT molecular complexity index is 545. The third-order valence-corrected chi connectivity index (χ3v) is 3.47. The Kier molecular flexibility index (Phi) is 6.19. The molecule has 2 aromatic carbocycles. The van der Waals surface area contributed by atoms with E-state index in [1.54, 1.807) is 0 Å². The van der Waals surface area contributed by atoms with Gasteiger partial charge in [0.1, 0.15) is 0 Å². The van der Waals surface area contributed by atoms with E-state index in [0.717, 1.165) is 18.5 Å². The van der Waals surface area contributed by atoms with Crippen LogP contribution in [0.25, 0.3) is 0 Å². The molecular formula is C17H20N2OS. The lowest BCUT2D eigenvalue weighted by molar-refractivity contribution is 0.181. The molecule has 0 saturated heterocycles. The van der Waals surface area contributed by atoms with Crippen molar-refractivity contribution in [1.82, 2.24) is 10.6 Å². The SMILES string of the molecule is O[C@@H](CNC(=S)NCCc1ccccc1)c1ccccc1. The van der Waals surface area contributed by atoms with Crippen LogP contribution >= 0.6 is 12.2 Å². The highest BCUT2D eigenvalue weighted by Gasteiger charge is 2.06. The average Bonchev–Trinajstić information content (AvgIpc) is 2.54. The van der Waals surface area contributed by atoms with Gasteiger partial charge in [-0.2, -0.15) is 0 Å². The first kappa shape index (κ1) is 15.5. The summed E-state index contributed by atoms with van der Waals surface area (Å²) in [4.78, 5) is 0. The van der Waals surface area contributed by atoms with Gasteiger partial charge >= 0.3 is 0 Å². The Morgan fingerprint density at radius 2 is 1.57 bits per heavy atom. The van der Waals surface area contributed by atoms with Crippen molar-refractivity contribution in [3.8, 4) is 0 Å². The molecule has 0 unspecified atom stereocenters. The minimum Gasteiger partial charge on any atom is -0.387 e. The lowest BCUT2D eigenvalue weighted by Crippen LogP contribution is -2.38. The molecule has 4 heteroatoms. The van der Waals surface area contributed by atoms with Crippen LogP contribution in [-0.4, -0.2) is 23.3 Å². The smallest absolute Gasteiger partial charge is 0.166 e. The summed E-state index contributed by atoms with van der Waals surface area (Å²) in [5, 5.41) is 16.8. The van der Waals surface area contributed by atoms with E-state index in [9.17, 15) is 5.11 Å². The van der Waals surface area contributed by atoms with Crippen molar-refractivity contribution >= 4 is 17.3 Å². The van der Waals surface area contributed by atoms with E-state index in [2.05, 4.69) is 22.8 Å². The molecule has 0 saturated carbocycles. The normalized spacial score (nSPS) is 11.7. The number of thiocarbonyl (C=S) groups is 1. The van der Waals surface area contributed by atoms with E-state index in [1.165, 1.54) is 5.56 Å². The topological polar surface area (TPSA) is 44.3 Å². The highest BCUT2D eigenvalue weighted by molar-refractivity contribution is 7.80. The molecule has 3 nitrogen and oxygen atoms in total. The summed E-state index contributed by atoms with van der Waals surface area (Å²) in [6.07, 6.45) is 0.365. The number of aliphatic hydroxyl groups excluding tert-OH is 1. The molecule has 0 fully saturated rings. The Morgan fingerprint density at radius 3 is 2.24 bits per heavy atom. The summed E-state index contributed by atoms with van der Waals surface area (Å²) < 4.78 is 0. The number of benzene rings is 2. The van der Waals surface area contributed by atoms with E-state index >= 15 is 0 Å². The molecule has 0 heterocycles. The maximum atomic E-state index is 10.0. The van der Waals surface area contributed by atoms with E-state index in [4.69, 9.17) is 12.2 Å². The average molecular weight is 300 g/mol. The van der Waals surface area contributed by atoms with Gasteiger partial charge in [0.15, 0.2) is 5.11 Å². The first-order valence-electron chi connectivity index (χ1n) is 7.04. The monoisotopic (exact) mass is 300 g/mol. The number of hydrogen-bond acceptors (Lipinski definition) is 2. The van der Waals surface area contributed by atoms with Gasteiger partial charge in [0.25, 0.3) is 0 Å². The zero-order chi connectivity index (χ0) is 14.9. The highest BCUT2D eigenvalue weighted by atomic mass is 32.1. The molecule has 0 aliphatic heterocycles. The van der Waals surface area contributed by atoms with Crippen molar-refractivity contribution in [2.24, 2.45) is 0 Å². The zero-order valence-corrected chi connectivity index (χ0v) is 12.6. The van der Waals surface area contributed by atoms with Crippen LogP contribution in [0, 0.1) is 0 Å². The lowest BCUT2D eigenvalue weighted by atomic mass is 10.1. The summed E-state index contributed by atoms with van der Waals surface area (Å²) in [5.41, 5.74) is 2.16. The fourth-order valence-corrected chi connectivity index (χ4v) is 2.20. The predicted molar refractivity (Wildman–Crippen MR) is 90.2 cm³/mol. The maximum absolute atomic E-state index is 10.0. The van der Waals surface area contributed by atoms with Crippen LogP contribution in [-0.2, 0) is 6.42 Å². The molecule has 110 valence electrons. The second-order valence-electron chi connectivity index (χ2n) is 4.80. The zero-order valence-electron chi connectivity index (χ0n) is 11.8. The van der Waals surface area contributed by atoms with Crippen molar-refractivity contribution in [3.63, 3.8) is 0 Å². The van der Waals surface area contributed by atoms with Gasteiger partial charge in [0.2, 0.25) is 0 Å². The number of nitrogens with one attached hydrogen (secondary N) is 2. The fraction of sp³-hybridized carbons (Fsp3) is 0.235. The molecule has 0 radical (unpaired) electrons. The predicted octanol–water partition coefficient (Wildman–Crippen LogP) is 2.43. The van der Waals surface area contributed by atoms with Gasteiger partial charge in [-0.25, -0.2) is 0 Å². The highest BCUT2D eigenvalue weighted by Crippen LogP contribution is 2.10. The van der Waals surface area contributed by atoms with Gasteiger partial charge < -0.3 is 15.7 Å². The summed E-state index contributed by atoms with van der Waals surface area (Å²) in [5.74, 6) is 0. The van der Waals surface area contributed by atoms with Crippen molar-refractivity contribution < 1.29 is 5.11 Å². The second-order valence-corrected chi connectivity index (χ2v) is 5.21. The first-order valence-corrected chi connectivity index (χ1v) is 7.45. The summed E-state index contributed by atoms with van der Waals surface area (Å²) in [6.45, 7) is 1.18. The molecule has 1 atom stereocenters. The molecule has 0 spiro atoms. The molecule has 0 aliphatic carbocycles. The van der Waals surface area contributed by atoms with Crippen LogP contribution in [0.15, 0.2) is 60.7 Å². The Balaban J connectivity index is 1.66. The molecule has 0 amide bonds. The minimum atomic E-state index is -0.555. The summed E-state index contributed by atoms with van der Waals surface area (Å²) in [6, 6.07) is 19.8. The van der Waals surface area contributed by atoms with Crippen LogP contribution < -0.4 is 10.6 Å². The van der Waals surface area contributed by atoms with Crippen molar-refractivity contribution in [1.29, 1.82) is 0 Å². The van der Waals surface area contributed by atoms with E-state index in [-0.39, 0.29) is 0 Å². The van der Waals surface area contributed by atoms with Gasteiger partial charge in [-0.1, -0.05) is 60.7 Å². The van der Waals surface area contributed by atoms with Gasteiger partial charge in [0, 0.05) is 13.1 Å². The third kappa shape index (κ3) is 5.53. The first-order chi connectivity index (χ1) is 10.3. The van der Waals surface area contributed by atoms with Crippen LogP contribution in [0.3, 0.4) is 0 Å². The fourth-order valence-electron chi connectivity index (χ4n) is 2.01. The third-order valence-electron chi connectivity index (χ3n) is 3.18. The second kappa shape index (κ2) is 8.39. The number of rotatable bonds is 6. The van der Waals surface area contributed by atoms with E-state index in [0.29, 0.717) is 11.7 Å². The van der Waals surface area contributed by atoms with Crippen LogP contribution in [0.1, 0.15) is 17.2 Å². The Hall–Kier alpha value is -1.91. The molecule has 0 aliphatic rings. The van der Waals surface area contributed by atoms with Crippen LogP contribution in [0.4, 0.5) is 0 Å². The molecule has 0 aromatic heterocycles. The molecule has 21 heavy (non-hydrogen) atoms. The van der Waals surface area contributed by atoms with Gasteiger partial charge in [-0.15, -0.1) is 0 Å². The van der Waals surface area contributed by atoms with Crippen molar-refractivity contribution in [2.45, 2.75) is 12.5 Å².